The lowest BCUT2D eigenvalue weighted by Gasteiger charge is -2.24. The molecule has 20 heavy (non-hydrogen) atoms. The van der Waals surface area contributed by atoms with E-state index in [2.05, 4.69) is 0 Å². The molecular formula is C16H18FNO2. The molecule has 0 saturated carbocycles. The molecule has 0 aromatic heterocycles. The highest BCUT2D eigenvalue weighted by Crippen LogP contribution is 2.33. The van der Waals surface area contributed by atoms with E-state index in [4.69, 9.17) is 4.74 Å². The quantitative estimate of drug-likeness (QED) is 0.924. The van der Waals surface area contributed by atoms with E-state index >= 15 is 0 Å². The molecule has 2 aromatic rings. The summed E-state index contributed by atoms with van der Waals surface area (Å²) in [4.78, 5) is 1.84. The van der Waals surface area contributed by atoms with Crippen molar-refractivity contribution in [1.82, 2.24) is 0 Å². The van der Waals surface area contributed by atoms with Crippen LogP contribution in [0.15, 0.2) is 42.5 Å². The number of methoxy groups -OCH3 is 1. The van der Waals surface area contributed by atoms with Gasteiger partial charge in [0.15, 0.2) is 0 Å². The van der Waals surface area contributed by atoms with E-state index in [1.54, 1.807) is 26.2 Å². The van der Waals surface area contributed by atoms with Crippen LogP contribution >= 0.6 is 0 Å². The van der Waals surface area contributed by atoms with E-state index in [0.717, 1.165) is 11.4 Å². The fourth-order valence-electron chi connectivity index (χ4n) is 2.18. The number of benzene rings is 2. The van der Waals surface area contributed by atoms with Crippen molar-refractivity contribution >= 4 is 11.4 Å². The summed E-state index contributed by atoms with van der Waals surface area (Å²) in [6.07, 6.45) is -0.869. The Morgan fingerprint density at radius 2 is 1.80 bits per heavy atom. The molecule has 1 N–H and O–H groups in total. The van der Waals surface area contributed by atoms with Crippen LogP contribution in [0.2, 0.25) is 0 Å². The lowest BCUT2D eigenvalue weighted by atomic mass is 10.1. The summed E-state index contributed by atoms with van der Waals surface area (Å²) in [6.45, 7) is 1.56. The summed E-state index contributed by atoms with van der Waals surface area (Å²) in [5, 5.41) is 9.78. The molecule has 0 bridgehead atoms. The van der Waals surface area contributed by atoms with Gasteiger partial charge in [-0.1, -0.05) is 6.07 Å². The molecule has 106 valence electrons. The van der Waals surface area contributed by atoms with Crippen LogP contribution in [-0.4, -0.2) is 19.3 Å². The van der Waals surface area contributed by atoms with Crippen molar-refractivity contribution in [2.24, 2.45) is 0 Å². The maximum absolute atomic E-state index is 13.9. The minimum absolute atomic E-state index is 0.297. The predicted molar refractivity (Wildman–Crippen MR) is 78.1 cm³/mol. The number of hydrogen-bond acceptors (Lipinski definition) is 3. The maximum Gasteiger partial charge on any atom is 0.131 e. The average Bonchev–Trinajstić information content (AvgIpc) is 2.46. The van der Waals surface area contributed by atoms with Crippen LogP contribution in [0.25, 0.3) is 0 Å². The van der Waals surface area contributed by atoms with Gasteiger partial charge in [-0.2, -0.15) is 0 Å². The van der Waals surface area contributed by atoms with Crippen molar-refractivity contribution in [3.05, 3.63) is 53.8 Å². The summed E-state index contributed by atoms with van der Waals surface area (Å²) in [6, 6.07) is 12.2. The van der Waals surface area contributed by atoms with Crippen molar-refractivity contribution in [1.29, 1.82) is 0 Å². The molecule has 0 spiro atoms. The van der Waals surface area contributed by atoms with Gasteiger partial charge in [0.25, 0.3) is 0 Å². The van der Waals surface area contributed by atoms with E-state index < -0.39 is 11.9 Å². The van der Waals surface area contributed by atoms with Gasteiger partial charge in [-0.3, -0.25) is 0 Å². The smallest absolute Gasteiger partial charge is 0.131 e. The zero-order valence-electron chi connectivity index (χ0n) is 11.8. The molecule has 0 unspecified atom stereocenters. The predicted octanol–water partition coefficient (Wildman–Crippen LogP) is 3.66. The van der Waals surface area contributed by atoms with Gasteiger partial charge in [0, 0.05) is 24.0 Å². The Morgan fingerprint density at radius 1 is 1.15 bits per heavy atom. The second kappa shape index (κ2) is 5.92. The molecular weight excluding hydrogens is 257 g/mol. The fourth-order valence-corrected chi connectivity index (χ4v) is 2.18. The van der Waals surface area contributed by atoms with E-state index in [1.165, 1.54) is 6.07 Å². The molecule has 3 nitrogen and oxygen atoms in total. The Hall–Kier alpha value is -2.07. The monoisotopic (exact) mass is 275 g/mol. The number of ether oxygens (including phenoxy) is 1. The summed E-state index contributed by atoms with van der Waals surface area (Å²) < 4.78 is 19.0. The zero-order chi connectivity index (χ0) is 14.7. The molecule has 0 radical (unpaired) electrons. The SMILES string of the molecule is COc1ccc(N(C)c2cccc(F)c2[C@@H](C)O)cc1. The molecule has 2 aromatic carbocycles. The number of hydrogen-bond donors (Lipinski definition) is 1. The van der Waals surface area contributed by atoms with Crippen LogP contribution in [0.3, 0.4) is 0 Å². The third-order valence-electron chi connectivity index (χ3n) is 3.27. The van der Waals surface area contributed by atoms with Gasteiger partial charge in [-0.25, -0.2) is 4.39 Å². The molecule has 0 aliphatic rings. The molecule has 2 rings (SSSR count). The van der Waals surface area contributed by atoms with Crippen LogP contribution in [0.4, 0.5) is 15.8 Å². The maximum atomic E-state index is 13.9. The second-order valence-electron chi connectivity index (χ2n) is 4.61. The van der Waals surface area contributed by atoms with Crippen molar-refractivity contribution in [3.8, 4) is 5.75 Å². The fraction of sp³-hybridized carbons (Fsp3) is 0.250. The minimum atomic E-state index is -0.869. The lowest BCUT2D eigenvalue weighted by molar-refractivity contribution is 0.194. The zero-order valence-corrected chi connectivity index (χ0v) is 11.8. The first-order valence-electron chi connectivity index (χ1n) is 6.39. The summed E-state index contributed by atoms with van der Waals surface area (Å²) in [5.74, 6) is 0.356. The molecule has 0 fully saturated rings. The van der Waals surface area contributed by atoms with Gasteiger partial charge in [0.2, 0.25) is 0 Å². The number of aliphatic hydroxyl groups excluding tert-OH is 1. The number of anilines is 2. The minimum Gasteiger partial charge on any atom is -0.497 e. The highest BCUT2D eigenvalue weighted by atomic mass is 19.1. The van der Waals surface area contributed by atoms with Gasteiger partial charge < -0.3 is 14.7 Å². The van der Waals surface area contributed by atoms with Gasteiger partial charge in [-0.15, -0.1) is 0 Å². The molecule has 0 heterocycles. The van der Waals surface area contributed by atoms with Gasteiger partial charge >= 0.3 is 0 Å². The molecule has 4 heteroatoms. The first-order chi connectivity index (χ1) is 9.54. The Balaban J connectivity index is 2.42. The normalized spacial score (nSPS) is 12.1. The van der Waals surface area contributed by atoms with Crippen molar-refractivity contribution < 1.29 is 14.2 Å². The van der Waals surface area contributed by atoms with Gasteiger partial charge in [0.05, 0.1) is 13.2 Å². The van der Waals surface area contributed by atoms with Gasteiger partial charge in [-0.05, 0) is 43.3 Å². The summed E-state index contributed by atoms with van der Waals surface area (Å²) in [5.41, 5.74) is 1.83. The topological polar surface area (TPSA) is 32.7 Å². The van der Waals surface area contributed by atoms with Crippen LogP contribution in [0, 0.1) is 5.82 Å². The Labute approximate surface area is 118 Å². The van der Waals surface area contributed by atoms with Crippen molar-refractivity contribution in [2.45, 2.75) is 13.0 Å². The van der Waals surface area contributed by atoms with Crippen molar-refractivity contribution in [3.63, 3.8) is 0 Å². The number of rotatable bonds is 4. The van der Waals surface area contributed by atoms with E-state index in [0.29, 0.717) is 11.3 Å². The number of nitrogens with zero attached hydrogens (tertiary/aromatic N) is 1. The molecule has 0 amide bonds. The first-order valence-corrected chi connectivity index (χ1v) is 6.39. The molecule has 1 atom stereocenters. The van der Waals surface area contributed by atoms with Crippen LogP contribution in [-0.2, 0) is 0 Å². The van der Waals surface area contributed by atoms with E-state index in [1.807, 2.05) is 36.2 Å². The largest absolute Gasteiger partial charge is 0.497 e. The highest BCUT2D eigenvalue weighted by Gasteiger charge is 2.17. The van der Waals surface area contributed by atoms with Crippen molar-refractivity contribution in [2.75, 3.05) is 19.1 Å². The molecule has 0 saturated heterocycles. The van der Waals surface area contributed by atoms with Gasteiger partial charge in [0.1, 0.15) is 11.6 Å². The van der Waals surface area contributed by atoms with Crippen LogP contribution in [0.1, 0.15) is 18.6 Å². The average molecular weight is 275 g/mol. The second-order valence-corrected chi connectivity index (χ2v) is 4.61. The van der Waals surface area contributed by atoms with E-state index in [-0.39, 0.29) is 0 Å². The number of aliphatic hydroxyl groups is 1. The summed E-state index contributed by atoms with van der Waals surface area (Å²) >= 11 is 0. The standard InChI is InChI=1S/C16H18FNO2/c1-11(19)16-14(17)5-4-6-15(16)18(2)12-7-9-13(20-3)10-8-12/h4-11,19H,1-3H3/t11-/m1/s1. The summed E-state index contributed by atoms with van der Waals surface area (Å²) in [7, 11) is 3.44. The highest BCUT2D eigenvalue weighted by molar-refractivity contribution is 5.66. The lowest BCUT2D eigenvalue weighted by Crippen LogP contribution is -2.14. The Morgan fingerprint density at radius 3 is 2.35 bits per heavy atom. The first kappa shape index (κ1) is 14.3. The van der Waals surface area contributed by atoms with Crippen LogP contribution < -0.4 is 9.64 Å². The van der Waals surface area contributed by atoms with E-state index in [9.17, 15) is 9.50 Å². The van der Waals surface area contributed by atoms with Crippen LogP contribution in [0.5, 0.6) is 5.75 Å². The Bertz CT molecular complexity index is 582. The third kappa shape index (κ3) is 2.75. The molecule has 0 aliphatic carbocycles. The molecule has 0 aliphatic heterocycles. The number of halogens is 1. The Kier molecular flexibility index (Phi) is 4.25. The third-order valence-corrected chi connectivity index (χ3v) is 3.27.